The third-order valence-electron chi connectivity index (χ3n) is 3.26. The van der Waals surface area contributed by atoms with Crippen molar-refractivity contribution in [3.63, 3.8) is 0 Å². The fraction of sp³-hybridized carbons (Fsp3) is 0.0667. The Labute approximate surface area is 120 Å². The first-order valence-electron chi connectivity index (χ1n) is 6.32. The minimum absolute atomic E-state index is 0.100. The first-order chi connectivity index (χ1) is 10.0. The summed E-state index contributed by atoms with van der Waals surface area (Å²) in [6.07, 6.45) is 0.314. The molecule has 2 amide bonds. The minimum Gasteiger partial charge on any atom is -0.397 e. The Morgan fingerprint density at radius 2 is 2.05 bits per heavy atom. The smallest absolute Gasteiger partial charge is 0.255 e. The van der Waals surface area contributed by atoms with Crippen molar-refractivity contribution in [3.8, 4) is 0 Å². The van der Waals surface area contributed by atoms with E-state index >= 15 is 0 Å². The lowest BCUT2D eigenvalue weighted by Crippen LogP contribution is -2.13. The first-order valence-corrected chi connectivity index (χ1v) is 6.32. The fourth-order valence-electron chi connectivity index (χ4n) is 2.19. The molecule has 4 N–H and O–H groups in total. The van der Waals surface area contributed by atoms with Crippen LogP contribution in [0.15, 0.2) is 36.4 Å². The van der Waals surface area contributed by atoms with Crippen LogP contribution in [0.5, 0.6) is 0 Å². The van der Waals surface area contributed by atoms with Gasteiger partial charge in [0.1, 0.15) is 5.82 Å². The Morgan fingerprint density at radius 3 is 2.86 bits per heavy atom. The predicted molar refractivity (Wildman–Crippen MR) is 77.5 cm³/mol. The average Bonchev–Trinajstić information content (AvgIpc) is 2.81. The van der Waals surface area contributed by atoms with E-state index in [1.165, 1.54) is 12.1 Å². The number of rotatable bonds is 2. The third-order valence-corrected chi connectivity index (χ3v) is 3.26. The molecule has 21 heavy (non-hydrogen) atoms. The summed E-state index contributed by atoms with van der Waals surface area (Å²) in [7, 11) is 0. The highest BCUT2D eigenvalue weighted by Gasteiger charge is 2.19. The summed E-state index contributed by atoms with van der Waals surface area (Å²) in [5.74, 6) is -1.01. The molecule has 106 valence electrons. The van der Waals surface area contributed by atoms with Crippen LogP contribution in [-0.2, 0) is 11.2 Å². The number of nitrogens with two attached hydrogens (primary N) is 1. The first kappa shape index (κ1) is 13.1. The number of halogens is 1. The number of carbonyl (C=O) groups excluding carboxylic acids is 2. The van der Waals surface area contributed by atoms with E-state index in [0.29, 0.717) is 17.7 Å². The van der Waals surface area contributed by atoms with Crippen molar-refractivity contribution in [1.29, 1.82) is 0 Å². The van der Waals surface area contributed by atoms with Crippen molar-refractivity contribution < 1.29 is 14.0 Å². The zero-order valence-electron chi connectivity index (χ0n) is 10.9. The van der Waals surface area contributed by atoms with Gasteiger partial charge in [0.15, 0.2) is 0 Å². The van der Waals surface area contributed by atoms with Gasteiger partial charge in [-0.15, -0.1) is 0 Å². The largest absolute Gasteiger partial charge is 0.397 e. The summed E-state index contributed by atoms with van der Waals surface area (Å²) in [5.41, 5.74) is 8.01. The Balaban J connectivity index is 1.85. The van der Waals surface area contributed by atoms with Crippen LogP contribution in [0.2, 0.25) is 0 Å². The quantitative estimate of drug-likeness (QED) is 0.739. The van der Waals surface area contributed by atoms with Crippen LogP contribution in [0.3, 0.4) is 0 Å². The van der Waals surface area contributed by atoms with Gasteiger partial charge in [-0.05, 0) is 35.9 Å². The average molecular weight is 285 g/mol. The van der Waals surface area contributed by atoms with Gasteiger partial charge in [0.25, 0.3) is 5.91 Å². The van der Waals surface area contributed by atoms with Gasteiger partial charge >= 0.3 is 0 Å². The van der Waals surface area contributed by atoms with Gasteiger partial charge in [-0.2, -0.15) is 0 Å². The summed E-state index contributed by atoms with van der Waals surface area (Å²) in [6, 6.07) is 8.68. The fourth-order valence-corrected chi connectivity index (χ4v) is 2.19. The maximum Gasteiger partial charge on any atom is 0.255 e. The minimum atomic E-state index is -0.485. The normalized spacial score (nSPS) is 12.7. The third kappa shape index (κ3) is 2.55. The van der Waals surface area contributed by atoms with E-state index in [-0.39, 0.29) is 17.3 Å². The Kier molecular flexibility index (Phi) is 3.06. The molecule has 0 bridgehead atoms. The molecule has 0 aromatic heterocycles. The van der Waals surface area contributed by atoms with E-state index in [1.54, 1.807) is 18.2 Å². The zero-order valence-corrected chi connectivity index (χ0v) is 10.9. The number of anilines is 3. The van der Waals surface area contributed by atoms with Crippen LogP contribution in [0.4, 0.5) is 21.5 Å². The molecule has 6 heteroatoms. The van der Waals surface area contributed by atoms with Crippen LogP contribution in [-0.4, -0.2) is 11.8 Å². The van der Waals surface area contributed by atoms with Crippen molar-refractivity contribution in [1.82, 2.24) is 0 Å². The molecule has 2 aromatic carbocycles. The molecule has 0 spiro atoms. The van der Waals surface area contributed by atoms with E-state index in [4.69, 9.17) is 5.73 Å². The van der Waals surface area contributed by atoms with Gasteiger partial charge in [0.2, 0.25) is 5.91 Å². The maximum atomic E-state index is 13.2. The summed E-state index contributed by atoms with van der Waals surface area (Å²) in [4.78, 5) is 23.4. The van der Waals surface area contributed by atoms with Gasteiger partial charge < -0.3 is 16.4 Å². The number of hydrogen-bond acceptors (Lipinski definition) is 3. The highest BCUT2D eigenvalue weighted by molar-refractivity contribution is 6.08. The molecular formula is C15H12FN3O2. The molecule has 3 rings (SSSR count). The standard InChI is InChI=1S/C15H12FN3O2/c16-10-3-4-11(17)13(7-10)19-15(21)9-2-1-8-6-14(20)18-12(8)5-9/h1-5,7H,6,17H2,(H,18,20)(H,19,21). The van der Waals surface area contributed by atoms with E-state index < -0.39 is 11.7 Å². The second-order valence-electron chi connectivity index (χ2n) is 4.78. The van der Waals surface area contributed by atoms with Crippen molar-refractivity contribution in [2.24, 2.45) is 0 Å². The number of benzene rings is 2. The van der Waals surface area contributed by atoms with Crippen molar-refractivity contribution in [3.05, 3.63) is 53.3 Å². The van der Waals surface area contributed by atoms with Crippen molar-refractivity contribution in [2.45, 2.75) is 6.42 Å². The van der Waals surface area contributed by atoms with Gasteiger partial charge in [0, 0.05) is 11.3 Å². The number of fused-ring (bicyclic) bond motifs is 1. The molecule has 0 unspecified atom stereocenters. The number of hydrogen-bond donors (Lipinski definition) is 3. The molecule has 0 radical (unpaired) electrons. The molecule has 1 aliphatic heterocycles. The van der Waals surface area contributed by atoms with Gasteiger partial charge in [-0.3, -0.25) is 9.59 Å². The second-order valence-corrected chi connectivity index (χ2v) is 4.78. The molecule has 0 aliphatic carbocycles. The predicted octanol–water partition coefficient (Wildman–Crippen LogP) is 2.15. The maximum absolute atomic E-state index is 13.2. The lowest BCUT2D eigenvalue weighted by atomic mass is 10.1. The molecular weight excluding hydrogens is 273 g/mol. The SMILES string of the molecule is Nc1ccc(F)cc1NC(=O)c1ccc2c(c1)NC(=O)C2. The molecule has 2 aromatic rings. The second kappa shape index (κ2) is 4.90. The zero-order chi connectivity index (χ0) is 15.0. The molecule has 0 fully saturated rings. The molecule has 0 saturated heterocycles. The summed E-state index contributed by atoms with van der Waals surface area (Å²) in [5, 5.41) is 5.23. The summed E-state index contributed by atoms with van der Waals surface area (Å²) < 4.78 is 13.2. The number of amides is 2. The summed E-state index contributed by atoms with van der Waals surface area (Å²) >= 11 is 0. The molecule has 5 nitrogen and oxygen atoms in total. The van der Waals surface area contributed by atoms with E-state index in [1.807, 2.05) is 0 Å². The van der Waals surface area contributed by atoms with Crippen LogP contribution >= 0.6 is 0 Å². The number of carbonyl (C=O) groups is 2. The van der Waals surface area contributed by atoms with Gasteiger partial charge in [-0.1, -0.05) is 6.07 Å². The van der Waals surface area contributed by atoms with Crippen LogP contribution in [0, 0.1) is 5.82 Å². The van der Waals surface area contributed by atoms with Crippen LogP contribution in [0.25, 0.3) is 0 Å². The molecule has 0 atom stereocenters. The van der Waals surface area contributed by atoms with Crippen molar-refractivity contribution in [2.75, 3.05) is 16.4 Å². The number of nitrogen functional groups attached to an aromatic ring is 1. The van der Waals surface area contributed by atoms with Crippen LogP contribution < -0.4 is 16.4 Å². The van der Waals surface area contributed by atoms with Gasteiger partial charge in [0.05, 0.1) is 17.8 Å². The van der Waals surface area contributed by atoms with E-state index in [0.717, 1.165) is 11.6 Å². The number of nitrogens with one attached hydrogen (secondary N) is 2. The molecule has 1 heterocycles. The topological polar surface area (TPSA) is 84.2 Å². The van der Waals surface area contributed by atoms with Crippen molar-refractivity contribution >= 4 is 28.9 Å². The lowest BCUT2D eigenvalue weighted by Gasteiger charge is -2.09. The van der Waals surface area contributed by atoms with Crippen LogP contribution in [0.1, 0.15) is 15.9 Å². The molecule has 1 aliphatic rings. The molecule has 0 saturated carbocycles. The lowest BCUT2D eigenvalue weighted by molar-refractivity contribution is -0.115. The Hall–Kier alpha value is -2.89. The van der Waals surface area contributed by atoms with E-state index in [9.17, 15) is 14.0 Å². The Bertz CT molecular complexity index is 759. The highest BCUT2D eigenvalue weighted by atomic mass is 19.1. The van der Waals surface area contributed by atoms with E-state index in [2.05, 4.69) is 10.6 Å². The monoisotopic (exact) mass is 285 g/mol. The Morgan fingerprint density at radius 1 is 1.24 bits per heavy atom. The van der Waals surface area contributed by atoms with Gasteiger partial charge in [-0.25, -0.2) is 4.39 Å². The summed E-state index contributed by atoms with van der Waals surface area (Å²) in [6.45, 7) is 0. The highest BCUT2D eigenvalue weighted by Crippen LogP contribution is 2.25.